The van der Waals surface area contributed by atoms with Gasteiger partial charge < -0.3 is 4.74 Å². The molecule has 0 amide bonds. The van der Waals surface area contributed by atoms with E-state index in [-0.39, 0.29) is 5.78 Å². The molecule has 3 nitrogen and oxygen atoms in total. The number of ketones is 1. The fraction of sp³-hybridized carbons (Fsp3) is 0.333. The van der Waals surface area contributed by atoms with E-state index in [0.29, 0.717) is 33.1 Å². The second-order valence-electron chi connectivity index (χ2n) is 2.81. The lowest BCUT2D eigenvalue weighted by molar-refractivity contribution is 0.0927. The van der Waals surface area contributed by atoms with Crippen molar-refractivity contribution in [3.05, 3.63) is 17.8 Å². The summed E-state index contributed by atoms with van der Waals surface area (Å²) in [5, 5.41) is 0. The lowest BCUT2D eigenvalue weighted by atomic mass is 10.1. The van der Waals surface area contributed by atoms with E-state index in [0.717, 1.165) is 5.44 Å². The van der Waals surface area contributed by atoms with Crippen LogP contribution in [0, 0.1) is 0 Å². The maximum atomic E-state index is 11.4. The number of rotatable bonds is 1. The van der Waals surface area contributed by atoms with Gasteiger partial charge in [0.15, 0.2) is 5.78 Å². The summed E-state index contributed by atoms with van der Waals surface area (Å²) in [5.41, 5.74) is 1.48. The van der Waals surface area contributed by atoms with E-state index in [1.165, 1.54) is 0 Å². The zero-order valence-corrected chi connectivity index (χ0v) is 8.33. The Morgan fingerprint density at radius 1 is 1.54 bits per heavy atom. The third-order valence-corrected chi connectivity index (χ3v) is 2.76. The number of ether oxygens (including phenoxy) is 1. The van der Waals surface area contributed by atoms with Crippen LogP contribution >= 0.6 is 8.58 Å². The number of aromatic nitrogens is 1. The Labute approximate surface area is 78.3 Å². The fourth-order valence-electron chi connectivity index (χ4n) is 1.27. The molecular weight excluding hydrogens is 185 g/mol. The molecule has 1 aliphatic rings. The van der Waals surface area contributed by atoms with Crippen molar-refractivity contribution in [2.75, 3.05) is 13.3 Å². The van der Waals surface area contributed by atoms with E-state index < -0.39 is 0 Å². The summed E-state index contributed by atoms with van der Waals surface area (Å²) in [7, 11) is 0.622. The fourth-order valence-corrected chi connectivity index (χ4v) is 1.75. The van der Waals surface area contributed by atoms with Gasteiger partial charge >= 0.3 is 0 Å². The van der Waals surface area contributed by atoms with E-state index in [1.54, 1.807) is 0 Å². The summed E-state index contributed by atoms with van der Waals surface area (Å²) in [6.45, 7) is 2.53. The molecule has 1 aromatic rings. The van der Waals surface area contributed by atoms with Gasteiger partial charge in [-0.25, -0.2) is 4.98 Å². The minimum absolute atomic E-state index is 0.0985. The highest BCUT2D eigenvalue weighted by Crippen LogP contribution is 2.22. The summed E-state index contributed by atoms with van der Waals surface area (Å²) in [4.78, 5) is 15.7. The van der Waals surface area contributed by atoms with Crippen molar-refractivity contribution in [1.29, 1.82) is 0 Å². The molecule has 2 heterocycles. The van der Waals surface area contributed by atoms with Crippen LogP contribution in [0.25, 0.3) is 0 Å². The summed E-state index contributed by atoms with van der Waals surface area (Å²) in [5.74, 6) is 0.736. The number of carbonyl (C=O) groups is 1. The molecule has 0 bridgehead atoms. The highest BCUT2D eigenvalue weighted by Gasteiger charge is 2.19. The Kier molecular flexibility index (Phi) is 2.28. The lowest BCUT2D eigenvalue weighted by Crippen LogP contribution is -2.19. The van der Waals surface area contributed by atoms with E-state index in [9.17, 15) is 4.79 Å². The van der Waals surface area contributed by atoms with Crippen molar-refractivity contribution >= 4 is 19.8 Å². The number of fused-ring (bicyclic) bond motifs is 1. The van der Waals surface area contributed by atoms with E-state index in [1.807, 2.05) is 18.8 Å². The molecule has 0 fully saturated rings. The molecule has 13 heavy (non-hydrogen) atoms. The van der Waals surface area contributed by atoms with Gasteiger partial charge in [0, 0.05) is 6.42 Å². The van der Waals surface area contributed by atoms with Crippen LogP contribution in [-0.4, -0.2) is 24.0 Å². The summed E-state index contributed by atoms with van der Waals surface area (Å²) < 4.78 is 5.31. The van der Waals surface area contributed by atoms with Gasteiger partial charge in [0.05, 0.1) is 12.0 Å². The van der Waals surface area contributed by atoms with Crippen LogP contribution in [0.15, 0.2) is 12.1 Å². The predicted molar refractivity (Wildman–Crippen MR) is 52.6 cm³/mol. The first-order valence-electron chi connectivity index (χ1n) is 4.16. The molecule has 4 heteroatoms. The molecule has 0 spiro atoms. The SMILES string of the molecule is CPc1ccc2c(n1)C(=O)CCO2. The quantitative estimate of drug-likeness (QED) is 0.627. The smallest absolute Gasteiger partial charge is 0.188 e. The average Bonchev–Trinajstić information content (AvgIpc) is 2.18. The maximum absolute atomic E-state index is 11.4. The van der Waals surface area contributed by atoms with Crippen LogP contribution in [0.2, 0.25) is 0 Å². The largest absolute Gasteiger partial charge is 0.491 e. The molecule has 0 aromatic carbocycles. The molecule has 2 rings (SSSR count). The number of Topliss-reactive ketones (excluding diaryl/α,β-unsaturated/α-hetero) is 1. The molecule has 1 atom stereocenters. The van der Waals surface area contributed by atoms with Gasteiger partial charge in [0.1, 0.15) is 11.4 Å². The van der Waals surface area contributed by atoms with E-state index in [2.05, 4.69) is 4.98 Å². The monoisotopic (exact) mass is 195 g/mol. The molecule has 1 aliphatic heterocycles. The zero-order chi connectivity index (χ0) is 9.26. The van der Waals surface area contributed by atoms with Crippen molar-refractivity contribution in [2.24, 2.45) is 0 Å². The molecule has 1 unspecified atom stereocenters. The molecular formula is C9H10NO2P. The van der Waals surface area contributed by atoms with Gasteiger partial charge in [-0.15, -0.1) is 0 Å². The number of nitrogens with zero attached hydrogens (tertiary/aromatic N) is 1. The minimum Gasteiger partial charge on any atom is -0.491 e. The molecule has 0 N–H and O–H groups in total. The van der Waals surface area contributed by atoms with E-state index in [4.69, 9.17) is 4.74 Å². The first-order chi connectivity index (χ1) is 6.31. The van der Waals surface area contributed by atoms with Crippen molar-refractivity contribution < 1.29 is 9.53 Å². The number of hydrogen-bond donors (Lipinski definition) is 0. The van der Waals surface area contributed by atoms with Gasteiger partial charge in [0.2, 0.25) is 0 Å². The first-order valence-corrected chi connectivity index (χ1v) is 5.66. The van der Waals surface area contributed by atoms with Crippen LogP contribution in [0.4, 0.5) is 0 Å². The Balaban J connectivity index is 2.47. The molecule has 68 valence electrons. The van der Waals surface area contributed by atoms with Crippen molar-refractivity contribution in [3.8, 4) is 5.75 Å². The van der Waals surface area contributed by atoms with Crippen LogP contribution in [0.1, 0.15) is 16.9 Å². The van der Waals surface area contributed by atoms with Crippen LogP contribution in [0.3, 0.4) is 0 Å². The van der Waals surface area contributed by atoms with Crippen molar-refractivity contribution in [2.45, 2.75) is 6.42 Å². The van der Waals surface area contributed by atoms with Gasteiger partial charge in [0.25, 0.3) is 0 Å². The van der Waals surface area contributed by atoms with E-state index >= 15 is 0 Å². The molecule has 0 saturated heterocycles. The topological polar surface area (TPSA) is 39.2 Å². The summed E-state index contributed by atoms with van der Waals surface area (Å²) in [6.07, 6.45) is 0.455. The molecule has 1 aromatic heterocycles. The predicted octanol–water partition coefficient (Wildman–Crippen LogP) is 0.980. The van der Waals surface area contributed by atoms with Crippen LogP contribution in [0.5, 0.6) is 5.75 Å². The van der Waals surface area contributed by atoms with Gasteiger partial charge in [-0.2, -0.15) is 0 Å². The van der Waals surface area contributed by atoms with Crippen LogP contribution < -0.4 is 10.2 Å². The second-order valence-corrected chi connectivity index (χ2v) is 3.83. The number of hydrogen-bond acceptors (Lipinski definition) is 3. The second kappa shape index (κ2) is 3.43. The first kappa shape index (κ1) is 8.64. The summed E-state index contributed by atoms with van der Waals surface area (Å²) in [6, 6.07) is 3.75. The lowest BCUT2D eigenvalue weighted by Gasteiger charge is -2.15. The van der Waals surface area contributed by atoms with Crippen LogP contribution in [-0.2, 0) is 0 Å². The van der Waals surface area contributed by atoms with Crippen molar-refractivity contribution in [3.63, 3.8) is 0 Å². The Morgan fingerprint density at radius 2 is 2.38 bits per heavy atom. The number of carbonyl (C=O) groups excluding carboxylic acids is 1. The van der Waals surface area contributed by atoms with Gasteiger partial charge in [-0.3, -0.25) is 4.79 Å². The summed E-state index contributed by atoms with van der Waals surface area (Å²) >= 11 is 0. The van der Waals surface area contributed by atoms with Crippen molar-refractivity contribution in [1.82, 2.24) is 4.98 Å². The molecule has 0 aliphatic carbocycles. The molecule has 0 saturated carbocycles. The highest BCUT2D eigenvalue weighted by molar-refractivity contribution is 7.45. The average molecular weight is 195 g/mol. The Hall–Kier alpha value is -0.950. The third kappa shape index (κ3) is 1.56. The Bertz CT molecular complexity index is 351. The number of pyridine rings is 1. The zero-order valence-electron chi connectivity index (χ0n) is 7.33. The molecule has 0 radical (unpaired) electrons. The minimum atomic E-state index is 0.0985. The normalized spacial score (nSPS) is 15.9. The van der Waals surface area contributed by atoms with Gasteiger partial charge in [-0.05, 0) is 18.8 Å². The third-order valence-electron chi connectivity index (χ3n) is 1.97. The maximum Gasteiger partial charge on any atom is 0.188 e. The highest BCUT2D eigenvalue weighted by atomic mass is 31.1. The van der Waals surface area contributed by atoms with Gasteiger partial charge in [-0.1, -0.05) is 8.58 Å². The Morgan fingerprint density at radius 3 is 3.15 bits per heavy atom. The standard InChI is InChI=1S/C9H10NO2P/c1-13-8-3-2-7-9(10-8)6(11)4-5-12-7/h2-3,13H,4-5H2,1H3.